The highest BCUT2D eigenvalue weighted by molar-refractivity contribution is 8.00. The molecule has 0 spiro atoms. The lowest BCUT2D eigenvalue weighted by atomic mass is 10.3. The molecule has 0 bridgehead atoms. The molecule has 1 amide bonds. The molecule has 3 aromatic rings. The van der Waals surface area contributed by atoms with Gasteiger partial charge in [0.1, 0.15) is 5.75 Å². The summed E-state index contributed by atoms with van der Waals surface area (Å²) in [6.07, 6.45) is 2.88. The fraction of sp³-hybridized carbons (Fsp3) is 0.150. The molecule has 0 fully saturated rings. The zero-order chi connectivity index (χ0) is 21.6. The van der Waals surface area contributed by atoms with Crippen molar-refractivity contribution in [2.24, 2.45) is 0 Å². The average molecular weight is 445 g/mol. The van der Waals surface area contributed by atoms with Crippen LogP contribution in [-0.4, -0.2) is 36.7 Å². The van der Waals surface area contributed by atoms with Crippen LogP contribution in [0.4, 0.5) is 11.6 Å². The number of nitrogens with one attached hydrogen (secondary N) is 2. The van der Waals surface area contributed by atoms with Gasteiger partial charge in [-0.25, -0.2) is 23.1 Å². The lowest BCUT2D eigenvalue weighted by Gasteiger charge is -2.13. The number of anilines is 2. The minimum absolute atomic E-state index is 0.0146. The summed E-state index contributed by atoms with van der Waals surface area (Å²) in [6.45, 7) is 1.80. The molecule has 0 saturated heterocycles. The van der Waals surface area contributed by atoms with E-state index in [1.807, 2.05) is 24.3 Å². The summed E-state index contributed by atoms with van der Waals surface area (Å²) in [6, 6.07) is 14.9. The van der Waals surface area contributed by atoms with Crippen molar-refractivity contribution in [2.75, 3.05) is 17.1 Å². The number of benzene rings is 2. The summed E-state index contributed by atoms with van der Waals surface area (Å²) in [4.78, 5) is 21.1. The van der Waals surface area contributed by atoms with E-state index >= 15 is 0 Å². The van der Waals surface area contributed by atoms with Gasteiger partial charge in [-0.3, -0.25) is 4.79 Å². The van der Waals surface area contributed by atoms with Gasteiger partial charge >= 0.3 is 0 Å². The highest BCUT2D eigenvalue weighted by atomic mass is 32.2. The van der Waals surface area contributed by atoms with Gasteiger partial charge in [-0.1, -0.05) is 0 Å². The van der Waals surface area contributed by atoms with Crippen LogP contribution in [0, 0.1) is 0 Å². The summed E-state index contributed by atoms with van der Waals surface area (Å²) in [5.74, 6) is 0.543. The predicted octanol–water partition coefficient (Wildman–Crippen LogP) is 3.41. The molecule has 0 aliphatic heterocycles. The van der Waals surface area contributed by atoms with E-state index in [1.54, 1.807) is 20.1 Å². The van der Waals surface area contributed by atoms with Crippen molar-refractivity contribution in [3.8, 4) is 5.75 Å². The topological polar surface area (TPSA) is 110 Å². The number of aromatic nitrogens is 2. The normalized spacial score (nSPS) is 12.1. The van der Waals surface area contributed by atoms with E-state index in [4.69, 9.17) is 4.74 Å². The standard InChI is InChI=1S/C20H20N4O4S2/c1-14(29-17-8-6-16(28-2)7-9-17)19(25)23-15-4-10-18(11-5-15)30(26,27)24-20-21-12-3-13-22-20/h3-14H,1-2H3,(H,23,25)(H,21,22,24)/t14-/m0/s1. The first-order valence-electron chi connectivity index (χ1n) is 8.89. The third kappa shape index (κ3) is 5.71. The smallest absolute Gasteiger partial charge is 0.264 e. The molecule has 2 N–H and O–H groups in total. The number of thioether (sulfide) groups is 1. The molecular weight excluding hydrogens is 424 g/mol. The Balaban J connectivity index is 1.60. The van der Waals surface area contributed by atoms with E-state index in [0.717, 1.165) is 10.6 Å². The monoisotopic (exact) mass is 444 g/mol. The van der Waals surface area contributed by atoms with Gasteiger partial charge in [-0.05, 0) is 61.5 Å². The number of carbonyl (C=O) groups excluding carboxylic acids is 1. The molecule has 0 aliphatic rings. The molecule has 1 heterocycles. The van der Waals surface area contributed by atoms with Crippen LogP contribution in [-0.2, 0) is 14.8 Å². The second kappa shape index (κ2) is 9.59. The maximum Gasteiger partial charge on any atom is 0.264 e. The molecule has 0 saturated carbocycles. The number of hydrogen-bond acceptors (Lipinski definition) is 7. The first-order chi connectivity index (χ1) is 14.4. The maximum absolute atomic E-state index is 12.5. The third-order valence-electron chi connectivity index (χ3n) is 3.97. The predicted molar refractivity (Wildman–Crippen MR) is 116 cm³/mol. The van der Waals surface area contributed by atoms with Crippen molar-refractivity contribution in [1.29, 1.82) is 0 Å². The van der Waals surface area contributed by atoms with Crippen LogP contribution in [0.2, 0.25) is 0 Å². The van der Waals surface area contributed by atoms with Crippen molar-refractivity contribution < 1.29 is 17.9 Å². The Labute approximate surface area is 179 Å². The van der Waals surface area contributed by atoms with Gasteiger partial charge in [-0.15, -0.1) is 11.8 Å². The molecule has 2 aromatic carbocycles. The fourth-order valence-corrected chi connectivity index (χ4v) is 4.23. The summed E-state index contributed by atoms with van der Waals surface area (Å²) in [5, 5.41) is 2.44. The van der Waals surface area contributed by atoms with Gasteiger partial charge < -0.3 is 10.1 Å². The van der Waals surface area contributed by atoms with Crippen LogP contribution in [0.5, 0.6) is 5.75 Å². The number of rotatable bonds is 8. The first kappa shape index (κ1) is 21.6. The first-order valence-corrected chi connectivity index (χ1v) is 11.2. The van der Waals surface area contributed by atoms with Gasteiger partial charge in [0.25, 0.3) is 10.0 Å². The molecular formula is C20H20N4O4S2. The SMILES string of the molecule is COc1ccc(S[C@@H](C)C(=O)Nc2ccc(S(=O)(=O)Nc3ncccn3)cc2)cc1. The van der Waals surface area contributed by atoms with Crippen LogP contribution in [0.25, 0.3) is 0 Å². The Kier molecular flexibility index (Phi) is 6.91. The molecule has 0 radical (unpaired) electrons. The van der Waals surface area contributed by atoms with Crippen LogP contribution < -0.4 is 14.8 Å². The van der Waals surface area contributed by atoms with E-state index in [2.05, 4.69) is 20.0 Å². The second-order valence-electron chi connectivity index (χ2n) is 6.13. The van der Waals surface area contributed by atoms with Crippen molar-refractivity contribution in [1.82, 2.24) is 9.97 Å². The van der Waals surface area contributed by atoms with E-state index in [1.165, 1.54) is 48.4 Å². The van der Waals surface area contributed by atoms with Gasteiger partial charge in [0.2, 0.25) is 11.9 Å². The second-order valence-corrected chi connectivity index (χ2v) is 9.22. The number of sulfonamides is 1. The number of carbonyl (C=O) groups is 1. The number of amides is 1. The average Bonchev–Trinajstić information content (AvgIpc) is 2.75. The zero-order valence-corrected chi connectivity index (χ0v) is 17.9. The quantitative estimate of drug-likeness (QED) is 0.512. The van der Waals surface area contributed by atoms with Crippen LogP contribution in [0.15, 0.2) is 76.8 Å². The largest absolute Gasteiger partial charge is 0.497 e. The van der Waals surface area contributed by atoms with Crippen molar-refractivity contribution in [2.45, 2.75) is 22.0 Å². The Morgan fingerprint density at radius 1 is 1.03 bits per heavy atom. The number of nitrogens with zero attached hydrogens (tertiary/aromatic N) is 2. The fourth-order valence-electron chi connectivity index (χ4n) is 2.40. The molecule has 10 heteroatoms. The summed E-state index contributed by atoms with van der Waals surface area (Å²) in [7, 11) is -2.23. The Bertz CT molecular complexity index is 1090. The summed E-state index contributed by atoms with van der Waals surface area (Å²) >= 11 is 1.41. The van der Waals surface area contributed by atoms with Crippen molar-refractivity contribution in [3.05, 3.63) is 67.0 Å². The Hall–Kier alpha value is -3.11. The highest BCUT2D eigenvalue weighted by Gasteiger charge is 2.17. The van der Waals surface area contributed by atoms with Crippen LogP contribution in [0.3, 0.4) is 0 Å². The molecule has 8 nitrogen and oxygen atoms in total. The van der Waals surface area contributed by atoms with E-state index < -0.39 is 10.0 Å². The van der Waals surface area contributed by atoms with Crippen LogP contribution in [0.1, 0.15) is 6.92 Å². The zero-order valence-electron chi connectivity index (χ0n) is 16.3. The maximum atomic E-state index is 12.5. The molecule has 1 aromatic heterocycles. The molecule has 156 valence electrons. The summed E-state index contributed by atoms with van der Waals surface area (Å²) < 4.78 is 32.2. The van der Waals surface area contributed by atoms with Gasteiger partial charge in [0.15, 0.2) is 0 Å². The highest BCUT2D eigenvalue weighted by Crippen LogP contribution is 2.26. The molecule has 30 heavy (non-hydrogen) atoms. The van der Waals surface area contributed by atoms with Crippen molar-refractivity contribution >= 4 is 39.3 Å². The lowest BCUT2D eigenvalue weighted by Crippen LogP contribution is -2.22. The minimum Gasteiger partial charge on any atom is -0.497 e. The van der Waals surface area contributed by atoms with Gasteiger partial charge in [0.05, 0.1) is 17.3 Å². The van der Waals surface area contributed by atoms with Gasteiger partial charge in [-0.2, -0.15) is 0 Å². The molecule has 0 unspecified atom stereocenters. The van der Waals surface area contributed by atoms with Gasteiger partial charge in [0, 0.05) is 23.0 Å². The van der Waals surface area contributed by atoms with E-state index in [0.29, 0.717) is 5.69 Å². The summed E-state index contributed by atoms with van der Waals surface area (Å²) in [5.41, 5.74) is 0.497. The lowest BCUT2D eigenvalue weighted by molar-refractivity contribution is -0.115. The Morgan fingerprint density at radius 3 is 2.27 bits per heavy atom. The van der Waals surface area contributed by atoms with Crippen LogP contribution >= 0.6 is 11.8 Å². The third-order valence-corrected chi connectivity index (χ3v) is 6.42. The van der Waals surface area contributed by atoms with E-state index in [-0.39, 0.29) is 22.0 Å². The number of methoxy groups -OCH3 is 1. The van der Waals surface area contributed by atoms with E-state index in [9.17, 15) is 13.2 Å². The molecule has 0 aliphatic carbocycles. The molecule has 1 atom stereocenters. The van der Waals surface area contributed by atoms with Crippen molar-refractivity contribution in [3.63, 3.8) is 0 Å². The molecule has 3 rings (SSSR count). The number of hydrogen-bond donors (Lipinski definition) is 2. The minimum atomic E-state index is -3.82. The Morgan fingerprint density at radius 2 is 1.67 bits per heavy atom. The number of ether oxygens (including phenoxy) is 1.